The van der Waals surface area contributed by atoms with Gasteiger partial charge >= 0.3 is 0 Å². The zero-order valence-electron chi connectivity index (χ0n) is 16.3. The molecular weight excluding hydrogens is 390 g/mol. The lowest BCUT2D eigenvalue weighted by molar-refractivity contribution is -0.384. The maximum Gasteiger partial charge on any atom is 0.269 e. The molecule has 2 amide bonds. The Hall–Kier alpha value is -3.53. The van der Waals surface area contributed by atoms with Crippen LogP contribution in [-0.2, 0) is 16.0 Å². The highest BCUT2D eigenvalue weighted by molar-refractivity contribution is 5.88. The Morgan fingerprint density at radius 2 is 1.73 bits per heavy atom. The molecule has 2 aromatic rings. The average molecular weight is 413 g/mol. The number of aliphatic hydroxyl groups excluding tert-OH is 1. The summed E-state index contributed by atoms with van der Waals surface area (Å²) in [6.07, 6.45) is 3.27. The van der Waals surface area contributed by atoms with Crippen molar-refractivity contribution in [2.75, 3.05) is 37.7 Å². The third-order valence-corrected chi connectivity index (χ3v) is 4.95. The number of hydrogen-bond donors (Lipinski definition) is 2. The van der Waals surface area contributed by atoms with Crippen LogP contribution in [0.2, 0.25) is 0 Å². The Balaban J connectivity index is 1.52. The van der Waals surface area contributed by atoms with Crippen LogP contribution >= 0.6 is 0 Å². The van der Waals surface area contributed by atoms with Crippen molar-refractivity contribution in [2.45, 2.75) is 12.5 Å². The molecule has 0 aliphatic carbocycles. The van der Waals surface area contributed by atoms with Crippen molar-refractivity contribution in [1.29, 1.82) is 0 Å². The van der Waals surface area contributed by atoms with E-state index in [0.717, 1.165) is 11.3 Å². The fourth-order valence-electron chi connectivity index (χ4n) is 3.31. The van der Waals surface area contributed by atoms with Gasteiger partial charge in [-0.2, -0.15) is 0 Å². The lowest BCUT2D eigenvalue weighted by Crippen LogP contribution is -2.56. The van der Waals surface area contributed by atoms with Gasteiger partial charge in [0.05, 0.1) is 18.0 Å². The first-order valence-electron chi connectivity index (χ1n) is 9.55. The van der Waals surface area contributed by atoms with E-state index in [4.69, 9.17) is 0 Å². The number of carbonyl (C=O) groups is 2. The van der Waals surface area contributed by atoms with E-state index in [-0.39, 0.29) is 23.9 Å². The molecule has 158 valence electrons. The Labute approximate surface area is 173 Å². The molecule has 1 atom stereocenters. The number of piperazine rings is 1. The maximum atomic E-state index is 12.7. The molecular formula is C20H23N5O5. The first-order chi connectivity index (χ1) is 14.5. The summed E-state index contributed by atoms with van der Waals surface area (Å²) in [6, 6.07) is 8.71. The second kappa shape index (κ2) is 9.79. The van der Waals surface area contributed by atoms with Gasteiger partial charge in [0, 0.05) is 56.4 Å². The summed E-state index contributed by atoms with van der Waals surface area (Å²) in [6.45, 7) is 1.46. The topological polar surface area (TPSA) is 129 Å². The number of aromatic nitrogens is 1. The van der Waals surface area contributed by atoms with E-state index in [1.165, 1.54) is 12.1 Å². The minimum absolute atomic E-state index is 0.0286. The Morgan fingerprint density at radius 3 is 2.30 bits per heavy atom. The Morgan fingerprint density at radius 1 is 1.10 bits per heavy atom. The quantitative estimate of drug-likeness (QED) is 0.495. The number of hydrogen-bond acceptors (Lipinski definition) is 7. The van der Waals surface area contributed by atoms with E-state index in [0.29, 0.717) is 26.2 Å². The summed E-state index contributed by atoms with van der Waals surface area (Å²) in [4.78, 5) is 42.8. The number of carbonyl (C=O) groups excluding carboxylic acids is 2. The van der Waals surface area contributed by atoms with Crippen molar-refractivity contribution in [3.8, 4) is 0 Å². The summed E-state index contributed by atoms with van der Waals surface area (Å²) >= 11 is 0. The van der Waals surface area contributed by atoms with Gasteiger partial charge in [0.2, 0.25) is 11.8 Å². The van der Waals surface area contributed by atoms with E-state index >= 15 is 0 Å². The summed E-state index contributed by atoms with van der Waals surface area (Å²) in [5.74, 6) is -0.679. The molecule has 0 unspecified atom stereocenters. The van der Waals surface area contributed by atoms with Gasteiger partial charge in [-0.3, -0.25) is 24.7 Å². The van der Waals surface area contributed by atoms with Gasteiger partial charge in [-0.1, -0.05) is 0 Å². The van der Waals surface area contributed by atoms with Crippen LogP contribution in [0.5, 0.6) is 0 Å². The monoisotopic (exact) mass is 413 g/mol. The number of rotatable bonds is 7. The van der Waals surface area contributed by atoms with Crippen LogP contribution in [0.1, 0.15) is 5.56 Å². The van der Waals surface area contributed by atoms with Crippen molar-refractivity contribution in [3.63, 3.8) is 0 Å². The van der Waals surface area contributed by atoms with Gasteiger partial charge in [-0.25, -0.2) is 0 Å². The van der Waals surface area contributed by atoms with Crippen molar-refractivity contribution < 1.29 is 19.6 Å². The number of pyridine rings is 1. The van der Waals surface area contributed by atoms with Crippen LogP contribution in [-0.4, -0.2) is 70.6 Å². The first kappa shape index (κ1) is 21.2. The second-order valence-electron chi connectivity index (χ2n) is 6.92. The van der Waals surface area contributed by atoms with E-state index < -0.39 is 17.6 Å². The number of non-ortho nitro benzene ring substituents is 1. The van der Waals surface area contributed by atoms with Crippen LogP contribution in [0.4, 0.5) is 11.4 Å². The molecule has 1 aliphatic heterocycles. The number of aliphatic hydroxyl groups is 1. The summed E-state index contributed by atoms with van der Waals surface area (Å²) < 4.78 is 0. The van der Waals surface area contributed by atoms with Gasteiger partial charge < -0.3 is 20.2 Å². The van der Waals surface area contributed by atoms with Gasteiger partial charge in [0.15, 0.2) is 0 Å². The van der Waals surface area contributed by atoms with E-state index in [2.05, 4.69) is 10.3 Å². The normalized spacial score (nSPS) is 14.8. The molecule has 0 saturated carbocycles. The predicted octanol–water partition coefficient (Wildman–Crippen LogP) is 0.358. The van der Waals surface area contributed by atoms with Crippen LogP contribution in [0.25, 0.3) is 0 Å². The molecule has 30 heavy (non-hydrogen) atoms. The molecule has 3 rings (SSSR count). The van der Waals surface area contributed by atoms with Crippen LogP contribution in [0, 0.1) is 10.1 Å². The predicted molar refractivity (Wildman–Crippen MR) is 109 cm³/mol. The molecule has 2 N–H and O–H groups in total. The fourth-order valence-corrected chi connectivity index (χ4v) is 3.31. The fraction of sp³-hybridized carbons (Fsp3) is 0.350. The lowest BCUT2D eigenvalue weighted by atomic mass is 10.1. The summed E-state index contributed by atoms with van der Waals surface area (Å²) in [5.41, 5.74) is 1.64. The highest BCUT2D eigenvalue weighted by atomic mass is 16.6. The van der Waals surface area contributed by atoms with Gasteiger partial charge in [-0.05, 0) is 29.8 Å². The molecule has 0 radical (unpaired) electrons. The highest BCUT2D eigenvalue weighted by Gasteiger charge is 2.28. The zero-order chi connectivity index (χ0) is 21.5. The number of nitro groups is 1. The molecule has 1 aromatic heterocycles. The molecule has 1 aromatic carbocycles. The number of nitro benzene ring substituents is 1. The van der Waals surface area contributed by atoms with Crippen molar-refractivity contribution >= 4 is 23.2 Å². The lowest BCUT2D eigenvalue weighted by Gasteiger charge is -2.37. The van der Waals surface area contributed by atoms with Crippen LogP contribution < -0.4 is 10.2 Å². The minimum Gasteiger partial charge on any atom is -0.394 e. The molecule has 1 saturated heterocycles. The van der Waals surface area contributed by atoms with Crippen molar-refractivity contribution in [1.82, 2.24) is 15.2 Å². The van der Waals surface area contributed by atoms with Crippen molar-refractivity contribution in [3.05, 3.63) is 64.5 Å². The number of benzene rings is 1. The standard InChI is InChI=1S/C20H23N5O5/c26-14-18(22-19(27)13-15-5-7-21-8-6-15)20(28)24-11-9-23(10-12-24)16-1-3-17(4-2-16)25(29)30/h1-8,18,26H,9-14H2,(H,22,27)/t18-/m0/s1. The maximum absolute atomic E-state index is 12.7. The van der Waals surface area contributed by atoms with Gasteiger partial charge in [-0.15, -0.1) is 0 Å². The molecule has 2 heterocycles. The molecule has 0 spiro atoms. The highest BCUT2D eigenvalue weighted by Crippen LogP contribution is 2.20. The van der Waals surface area contributed by atoms with E-state index in [9.17, 15) is 24.8 Å². The third-order valence-electron chi connectivity index (χ3n) is 4.95. The van der Waals surface area contributed by atoms with E-state index in [1.54, 1.807) is 41.6 Å². The molecule has 1 fully saturated rings. The largest absolute Gasteiger partial charge is 0.394 e. The molecule has 0 bridgehead atoms. The number of nitrogens with zero attached hydrogens (tertiary/aromatic N) is 4. The summed E-state index contributed by atoms with van der Waals surface area (Å²) in [7, 11) is 0. The van der Waals surface area contributed by atoms with Crippen molar-refractivity contribution in [2.24, 2.45) is 0 Å². The van der Waals surface area contributed by atoms with Gasteiger partial charge in [0.1, 0.15) is 6.04 Å². The number of nitrogens with one attached hydrogen (secondary N) is 1. The second-order valence-corrected chi connectivity index (χ2v) is 6.92. The number of anilines is 1. The average Bonchev–Trinajstić information content (AvgIpc) is 2.78. The molecule has 1 aliphatic rings. The molecule has 10 heteroatoms. The minimum atomic E-state index is -0.995. The Bertz CT molecular complexity index is 882. The Kier molecular flexibility index (Phi) is 6.91. The third kappa shape index (κ3) is 5.29. The summed E-state index contributed by atoms with van der Waals surface area (Å²) in [5, 5.41) is 23.0. The first-order valence-corrected chi connectivity index (χ1v) is 9.55. The zero-order valence-corrected chi connectivity index (χ0v) is 16.3. The van der Waals surface area contributed by atoms with E-state index in [1.807, 2.05) is 4.90 Å². The number of amides is 2. The molecule has 10 nitrogen and oxygen atoms in total. The SMILES string of the molecule is O=C(Cc1ccncc1)N[C@@H](CO)C(=O)N1CCN(c2ccc([N+](=O)[O-])cc2)CC1. The van der Waals surface area contributed by atoms with Crippen LogP contribution in [0.15, 0.2) is 48.8 Å². The van der Waals surface area contributed by atoms with Crippen LogP contribution in [0.3, 0.4) is 0 Å². The van der Waals surface area contributed by atoms with Gasteiger partial charge in [0.25, 0.3) is 5.69 Å². The smallest absolute Gasteiger partial charge is 0.269 e.